The summed E-state index contributed by atoms with van der Waals surface area (Å²) in [5.74, 6) is -0.804. The molecule has 3 N–H and O–H groups in total. The molecular weight excluding hydrogens is 532 g/mol. The van der Waals surface area contributed by atoms with Crippen LogP contribution in [0.2, 0.25) is 0 Å². The van der Waals surface area contributed by atoms with Crippen molar-refractivity contribution in [1.82, 2.24) is 10.2 Å². The zero-order chi connectivity index (χ0) is 28.3. The Morgan fingerprint density at radius 2 is 1.80 bits per heavy atom. The molecule has 1 fully saturated rings. The Balaban J connectivity index is 1.57. The number of ether oxygens (including phenoxy) is 2. The van der Waals surface area contributed by atoms with E-state index in [-0.39, 0.29) is 38.4 Å². The van der Waals surface area contributed by atoms with Gasteiger partial charge >= 0.3 is 11.9 Å². The number of carbonyl (C=O) groups is 3. The smallest absolute Gasteiger partial charge is 0.303 e. The second-order valence-corrected chi connectivity index (χ2v) is 10.4. The first kappa shape index (κ1) is 29.1. The first-order valence-electron chi connectivity index (χ1n) is 13.4. The van der Waals surface area contributed by atoms with Gasteiger partial charge < -0.3 is 29.9 Å². The molecular formula is C30H34N2O7S. The first-order valence-corrected chi connectivity index (χ1v) is 14.3. The third kappa shape index (κ3) is 8.30. The molecule has 0 bridgehead atoms. The molecule has 0 aliphatic carbocycles. The van der Waals surface area contributed by atoms with Crippen LogP contribution in [-0.4, -0.2) is 65.7 Å². The average molecular weight is 567 g/mol. The number of nitrogens with zero attached hydrogens (tertiary/aromatic N) is 1. The number of hydrogen-bond donors (Lipinski definition) is 3. The normalized spacial score (nSPS) is 13.4. The van der Waals surface area contributed by atoms with E-state index in [1.54, 1.807) is 29.5 Å². The maximum Gasteiger partial charge on any atom is 0.303 e. The van der Waals surface area contributed by atoms with Gasteiger partial charge in [0.05, 0.1) is 6.61 Å². The summed E-state index contributed by atoms with van der Waals surface area (Å²) in [5.41, 5.74) is 3.92. The summed E-state index contributed by atoms with van der Waals surface area (Å²) in [4.78, 5) is 37.5. The van der Waals surface area contributed by atoms with E-state index in [2.05, 4.69) is 5.32 Å². The number of aliphatic carboxylic acids is 2. The minimum absolute atomic E-state index is 0.0112. The molecule has 0 spiro atoms. The minimum Gasteiger partial charge on any atom is -0.493 e. The summed E-state index contributed by atoms with van der Waals surface area (Å²) in [6, 6.07) is 13.0. The predicted octanol–water partition coefficient (Wildman–Crippen LogP) is 4.69. The van der Waals surface area contributed by atoms with E-state index >= 15 is 0 Å². The van der Waals surface area contributed by atoms with Crippen molar-refractivity contribution in [2.45, 2.75) is 38.7 Å². The number of amides is 1. The molecule has 3 aromatic rings. The van der Waals surface area contributed by atoms with Gasteiger partial charge in [-0.3, -0.25) is 14.4 Å². The van der Waals surface area contributed by atoms with Crippen LogP contribution in [-0.2, 0) is 22.6 Å². The summed E-state index contributed by atoms with van der Waals surface area (Å²) in [7, 11) is 0. The van der Waals surface area contributed by atoms with Crippen LogP contribution in [0.3, 0.4) is 0 Å². The molecule has 1 aliphatic heterocycles. The number of carboxylic acids is 2. The summed E-state index contributed by atoms with van der Waals surface area (Å²) < 4.78 is 12.1. The molecule has 212 valence electrons. The molecule has 0 radical (unpaired) electrons. The van der Waals surface area contributed by atoms with Gasteiger partial charge in [0.25, 0.3) is 5.91 Å². The van der Waals surface area contributed by atoms with Crippen molar-refractivity contribution in [2.75, 3.05) is 32.8 Å². The maximum atomic E-state index is 13.5. The zero-order valence-electron chi connectivity index (χ0n) is 22.3. The molecule has 0 unspecified atom stereocenters. The molecule has 2 heterocycles. The van der Waals surface area contributed by atoms with E-state index in [4.69, 9.17) is 14.6 Å². The average Bonchev–Trinajstić information content (AvgIpc) is 3.35. The van der Waals surface area contributed by atoms with E-state index in [0.717, 1.165) is 36.2 Å². The second-order valence-electron chi connectivity index (χ2n) is 9.58. The summed E-state index contributed by atoms with van der Waals surface area (Å²) >= 11 is 1.58. The Morgan fingerprint density at radius 3 is 2.58 bits per heavy atom. The fourth-order valence-corrected chi connectivity index (χ4v) is 5.26. The van der Waals surface area contributed by atoms with Crippen molar-refractivity contribution in [3.63, 3.8) is 0 Å². The molecule has 1 saturated heterocycles. The Kier molecular flexibility index (Phi) is 10.5. The minimum atomic E-state index is -0.928. The third-order valence-corrected chi connectivity index (χ3v) is 7.32. The fourth-order valence-electron chi connectivity index (χ4n) is 4.60. The van der Waals surface area contributed by atoms with E-state index in [9.17, 15) is 19.5 Å². The van der Waals surface area contributed by atoms with Crippen molar-refractivity contribution < 1.29 is 34.1 Å². The molecule has 1 aliphatic rings. The van der Waals surface area contributed by atoms with Crippen molar-refractivity contribution in [3.8, 4) is 22.6 Å². The Morgan fingerprint density at radius 1 is 0.950 bits per heavy atom. The van der Waals surface area contributed by atoms with E-state index in [0.29, 0.717) is 42.1 Å². The van der Waals surface area contributed by atoms with Crippen LogP contribution in [0, 0.1) is 0 Å². The number of benzene rings is 2. The highest BCUT2D eigenvalue weighted by Gasteiger charge is 2.20. The topological polar surface area (TPSA) is 125 Å². The fraction of sp³-hybridized carbons (Fsp3) is 0.367. The Hall–Kier alpha value is -3.89. The molecule has 0 saturated carbocycles. The van der Waals surface area contributed by atoms with Crippen LogP contribution < -0.4 is 14.8 Å². The monoisotopic (exact) mass is 566 g/mol. The van der Waals surface area contributed by atoms with Crippen LogP contribution in [0.1, 0.15) is 47.2 Å². The predicted molar refractivity (Wildman–Crippen MR) is 152 cm³/mol. The molecule has 9 nitrogen and oxygen atoms in total. The number of thiophene rings is 1. The van der Waals surface area contributed by atoms with Gasteiger partial charge in [0.2, 0.25) is 0 Å². The van der Waals surface area contributed by atoms with Gasteiger partial charge in [0, 0.05) is 43.6 Å². The zero-order valence-corrected chi connectivity index (χ0v) is 23.1. The maximum absolute atomic E-state index is 13.5. The Labute approximate surface area is 237 Å². The highest BCUT2D eigenvalue weighted by molar-refractivity contribution is 7.08. The van der Waals surface area contributed by atoms with Gasteiger partial charge in [-0.25, -0.2) is 0 Å². The number of hydrogen-bond acceptors (Lipinski definition) is 7. The third-order valence-electron chi connectivity index (χ3n) is 6.64. The van der Waals surface area contributed by atoms with Gasteiger partial charge in [-0.1, -0.05) is 12.1 Å². The van der Waals surface area contributed by atoms with Crippen LogP contribution in [0.25, 0.3) is 11.1 Å². The van der Waals surface area contributed by atoms with Crippen LogP contribution in [0.4, 0.5) is 0 Å². The number of nitrogens with one attached hydrogen (secondary N) is 1. The van der Waals surface area contributed by atoms with Gasteiger partial charge in [-0.2, -0.15) is 11.3 Å². The number of carboxylic acid groups (broad SMARTS) is 2. The second kappa shape index (κ2) is 14.5. The van der Waals surface area contributed by atoms with E-state index < -0.39 is 11.9 Å². The largest absolute Gasteiger partial charge is 0.493 e. The SMILES string of the molecule is O=C(O)CCCOc1cccc(COc2cc(C(=O)N3CCCNCC3)cc(-c3ccsc3)c2)c1CCC(=O)O. The molecule has 1 aromatic heterocycles. The van der Waals surface area contributed by atoms with Crippen molar-refractivity contribution in [2.24, 2.45) is 0 Å². The van der Waals surface area contributed by atoms with Crippen LogP contribution >= 0.6 is 11.3 Å². The quantitative estimate of drug-likeness (QED) is 0.255. The van der Waals surface area contributed by atoms with Gasteiger partial charge in [-0.15, -0.1) is 0 Å². The summed E-state index contributed by atoms with van der Waals surface area (Å²) in [5, 5.41) is 25.5. The van der Waals surface area contributed by atoms with Crippen molar-refractivity contribution in [1.29, 1.82) is 0 Å². The van der Waals surface area contributed by atoms with Gasteiger partial charge in [-0.05, 0) is 83.6 Å². The van der Waals surface area contributed by atoms with E-state index in [1.807, 2.05) is 39.9 Å². The van der Waals surface area contributed by atoms with E-state index in [1.165, 1.54) is 0 Å². The highest BCUT2D eigenvalue weighted by Crippen LogP contribution is 2.31. The lowest BCUT2D eigenvalue weighted by atomic mass is 10.0. The van der Waals surface area contributed by atoms with Crippen LogP contribution in [0.15, 0.2) is 53.2 Å². The summed E-state index contributed by atoms with van der Waals surface area (Å²) in [6.45, 7) is 3.33. The van der Waals surface area contributed by atoms with Gasteiger partial charge in [0.1, 0.15) is 18.1 Å². The molecule has 10 heteroatoms. The standard InChI is InChI=1S/C30H34N2O7S/c33-28(34)6-2-14-38-27-5-1-4-21(26(27)7-8-29(35)36)19-39-25-17-23(22-9-15-40-20-22)16-24(18-25)30(37)32-12-3-10-31-11-13-32/h1,4-5,9,15-18,20,31H,2-3,6-8,10-14,19H2,(H,33,34)(H,35,36). The number of carbonyl (C=O) groups excluding carboxylic acids is 1. The molecule has 0 atom stereocenters. The lowest BCUT2D eigenvalue weighted by Crippen LogP contribution is -2.34. The van der Waals surface area contributed by atoms with Crippen LogP contribution in [0.5, 0.6) is 11.5 Å². The van der Waals surface area contributed by atoms with Crippen molar-refractivity contribution in [3.05, 3.63) is 69.9 Å². The number of rotatable bonds is 13. The summed E-state index contributed by atoms with van der Waals surface area (Å²) in [6.07, 6.45) is 1.38. The highest BCUT2D eigenvalue weighted by atomic mass is 32.1. The van der Waals surface area contributed by atoms with Crippen molar-refractivity contribution >= 4 is 29.2 Å². The molecule has 1 amide bonds. The first-order chi connectivity index (χ1) is 19.4. The molecule has 2 aromatic carbocycles. The lowest BCUT2D eigenvalue weighted by molar-refractivity contribution is -0.138. The Bertz CT molecular complexity index is 1300. The lowest BCUT2D eigenvalue weighted by Gasteiger charge is -2.21. The van der Waals surface area contributed by atoms with Gasteiger partial charge in [0.15, 0.2) is 0 Å². The molecule has 40 heavy (non-hydrogen) atoms. The molecule has 4 rings (SSSR count).